The van der Waals surface area contributed by atoms with Crippen LogP contribution in [0.2, 0.25) is 0 Å². The molecule has 2 aromatic rings. The molecule has 8 heteroatoms. The molecule has 1 saturated heterocycles. The normalized spacial score (nSPS) is 21.0. The molecule has 0 spiro atoms. The van der Waals surface area contributed by atoms with E-state index in [0.717, 1.165) is 18.4 Å². The third-order valence-corrected chi connectivity index (χ3v) is 5.05. The third kappa shape index (κ3) is 3.24. The van der Waals surface area contributed by atoms with Crippen LogP contribution in [0.5, 0.6) is 0 Å². The van der Waals surface area contributed by atoms with Crippen molar-refractivity contribution in [1.82, 2.24) is 25.5 Å². The zero-order valence-electron chi connectivity index (χ0n) is 13.8. The predicted molar refractivity (Wildman–Crippen MR) is 90.3 cm³/mol. The van der Waals surface area contributed by atoms with E-state index in [4.69, 9.17) is 0 Å². The Bertz CT molecular complexity index is 752. The quantitative estimate of drug-likeness (QED) is 0.880. The fourth-order valence-corrected chi connectivity index (χ4v) is 3.71. The van der Waals surface area contributed by atoms with Gasteiger partial charge >= 0.3 is 0 Å². The van der Waals surface area contributed by atoms with E-state index in [1.54, 1.807) is 12.1 Å². The van der Waals surface area contributed by atoms with E-state index in [2.05, 4.69) is 25.9 Å². The minimum absolute atomic E-state index is 0.0961. The summed E-state index contributed by atoms with van der Waals surface area (Å²) in [4.78, 5) is 26.6. The number of tetrazole rings is 1. The Kier molecular flexibility index (Phi) is 4.17. The molecule has 0 radical (unpaired) electrons. The average Bonchev–Trinajstić information content (AvgIpc) is 3.37. The van der Waals surface area contributed by atoms with E-state index in [9.17, 15) is 9.59 Å². The second-order valence-corrected chi connectivity index (χ2v) is 6.69. The van der Waals surface area contributed by atoms with Gasteiger partial charge in [-0.1, -0.05) is 12.8 Å². The first-order chi connectivity index (χ1) is 12.2. The fourth-order valence-electron chi connectivity index (χ4n) is 3.71. The molecule has 0 bridgehead atoms. The molecule has 1 saturated carbocycles. The van der Waals surface area contributed by atoms with Gasteiger partial charge in [0.05, 0.1) is 5.92 Å². The monoisotopic (exact) mass is 340 g/mol. The van der Waals surface area contributed by atoms with Gasteiger partial charge in [0.15, 0.2) is 0 Å². The van der Waals surface area contributed by atoms with Gasteiger partial charge < -0.3 is 10.2 Å². The van der Waals surface area contributed by atoms with E-state index in [1.807, 2.05) is 17.0 Å². The maximum atomic E-state index is 12.5. The van der Waals surface area contributed by atoms with Gasteiger partial charge in [0, 0.05) is 30.3 Å². The molecule has 1 aliphatic carbocycles. The molecule has 2 fully saturated rings. The zero-order valence-corrected chi connectivity index (χ0v) is 13.8. The molecule has 25 heavy (non-hydrogen) atoms. The highest BCUT2D eigenvalue weighted by Gasteiger charge is 2.38. The van der Waals surface area contributed by atoms with Crippen molar-refractivity contribution < 1.29 is 9.59 Å². The van der Waals surface area contributed by atoms with E-state index in [0.29, 0.717) is 30.5 Å². The number of benzene rings is 1. The highest BCUT2D eigenvalue weighted by Crippen LogP contribution is 2.30. The molecule has 2 amide bonds. The summed E-state index contributed by atoms with van der Waals surface area (Å²) < 4.78 is 0. The van der Waals surface area contributed by atoms with Crippen LogP contribution in [0.3, 0.4) is 0 Å². The maximum Gasteiger partial charge on any atom is 0.229 e. The second-order valence-electron chi connectivity index (χ2n) is 6.69. The van der Waals surface area contributed by atoms with Crippen LogP contribution in [0.1, 0.15) is 32.1 Å². The molecular weight excluding hydrogens is 320 g/mol. The molecule has 1 aromatic carbocycles. The molecule has 2 N–H and O–H groups in total. The summed E-state index contributed by atoms with van der Waals surface area (Å²) in [6, 6.07) is 7.58. The molecule has 130 valence electrons. The molecule has 4 rings (SSSR count). The van der Waals surface area contributed by atoms with Crippen molar-refractivity contribution in [2.45, 2.75) is 38.1 Å². The minimum Gasteiger partial charge on any atom is -0.339 e. The summed E-state index contributed by atoms with van der Waals surface area (Å²) >= 11 is 0. The first-order valence-corrected chi connectivity index (χ1v) is 8.65. The summed E-state index contributed by atoms with van der Waals surface area (Å²) in [5, 5.41) is 16.7. The van der Waals surface area contributed by atoms with Crippen molar-refractivity contribution >= 4 is 17.5 Å². The summed E-state index contributed by atoms with van der Waals surface area (Å²) in [7, 11) is 0. The van der Waals surface area contributed by atoms with Crippen molar-refractivity contribution in [1.29, 1.82) is 0 Å². The Morgan fingerprint density at radius 2 is 1.96 bits per heavy atom. The summed E-state index contributed by atoms with van der Waals surface area (Å²) in [6.07, 6.45) is 4.80. The van der Waals surface area contributed by atoms with Gasteiger partial charge in [-0.2, -0.15) is 5.21 Å². The summed E-state index contributed by atoms with van der Waals surface area (Å²) in [5.74, 6) is 0.247. The summed E-state index contributed by atoms with van der Waals surface area (Å²) in [6.45, 7) is 0.538. The number of likely N-dealkylation sites (tertiary alicyclic amines) is 1. The number of carbonyl (C=O) groups excluding carboxylic acids is 2. The third-order valence-electron chi connectivity index (χ3n) is 5.05. The number of carbonyl (C=O) groups is 2. The number of amides is 2. The van der Waals surface area contributed by atoms with Crippen molar-refractivity contribution in [2.75, 3.05) is 11.9 Å². The Morgan fingerprint density at radius 1 is 1.20 bits per heavy atom. The van der Waals surface area contributed by atoms with Gasteiger partial charge in [0.25, 0.3) is 0 Å². The van der Waals surface area contributed by atoms with Crippen LogP contribution < -0.4 is 5.32 Å². The molecule has 1 atom stereocenters. The topological polar surface area (TPSA) is 104 Å². The van der Waals surface area contributed by atoms with Gasteiger partial charge in [-0.25, -0.2) is 0 Å². The number of rotatable bonds is 4. The number of nitrogens with zero attached hydrogens (tertiary/aromatic N) is 4. The van der Waals surface area contributed by atoms with Crippen LogP contribution in [0.25, 0.3) is 11.4 Å². The smallest absolute Gasteiger partial charge is 0.229 e. The second kappa shape index (κ2) is 6.62. The van der Waals surface area contributed by atoms with Crippen molar-refractivity contribution in [3.63, 3.8) is 0 Å². The minimum atomic E-state index is -0.273. The Hall–Kier alpha value is -2.77. The lowest BCUT2D eigenvalue weighted by Crippen LogP contribution is -2.35. The number of H-pyrrole nitrogens is 1. The number of aromatic amines is 1. The number of aromatic nitrogens is 4. The molecule has 2 aliphatic rings. The van der Waals surface area contributed by atoms with Crippen LogP contribution in [0.15, 0.2) is 24.3 Å². The van der Waals surface area contributed by atoms with E-state index < -0.39 is 0 Å². The Labute approximate surface area is 145 Å². The zero-order chi connectivity index (χ0) is 17.2. The first kappa shape index (κ1) is 15.7. The maximum absolute atomic E-state index is 12.5. The molecule has 1 aromatic heterocycles. The average molecular weight is 340 g/mol. The molecule has 2 heterocycles. The number of nitrogens with one attached hydrogen (secondary N) is 2. The predicted octanol–water partition coefficient (Wildman–Crippen LogP) is 1.60. The SMILES string of the molecule is O=C(Nc1ccc(-c2nn[nH]n2)cc1)[C@H]1CC(=O)N(C2CCCC2)C1. The van der Waals surface area contributed by atoms with Crippen LogP contribution in [-0.2, 0) is 9.59 Å². The first-order valence-electron chi connectivity index (χ1n) is 8.65. The summed E-state index contributed by atoms with van der Waals surface area (Å²) in [5.41, 5.74) is 1.51. The largest absolute Gasteiger partial charge is 0.339 e. The van der Waals surface area contributed by atoms with E-state index in [1.165, 1.54) is 12.8 Å². The van der Waals surface area contributed by atoms with Gasteiger partial charge in [-0.05, 0) is 42.3 Å². The highest BCUT2D eigenvalue weighted by molar-refractivity contribution is 5.97. The van der Waals surface area contributed by atoms with E-state index >= 15 is 0 Å². The van der Waals surface area contributed by atoms with Crippen molar-refractivity contribution in [3.05, 3.63) is 24.3 Å². The molecule has 0 unspecified atom stereocenters. The number of anilines is 1. The lowest BCUT2D eigenvalue weighted by atomic mass is 10.1. The van der Waals surface area contributed by atoms with Crippen molar-refractivity contribution in [3.8, 4) is 11.4 Å². The van der Waals surface area contributed by atoms with Gasteiger partial charge in [0.1, 0.15) is 0 Å². The number of hydrogen-bond donors (Lipinski definition) is 2. The Balaban J connectivity index is 1.38. The fraction of sp³-hybridized carbons (Fsp3) is 0.471. The van der Waals surface area contributed by atoms with E-state index in [-0.39, 0.29) is 17.7 Å². The molecule has 1 aliphatic heterocycles. The molecule has 8 nitrogen and oxygen atoms in total. The van der Waals surface area contributed by atoms with Crippen LogP contribution >= 0.6 is 0 Å². The van der Waals surface area contributed by atoms with Gasteiger partial charge in [0.2, 0.25) is 17.6 Å². The van der Waals surface area contributed by atoms with Crippen LogP contribution in [0.4, 0.5) is 5.69 Å². The lowest BCUT2D eigenvalue weighted by molar-refractivity contribution is -0.129. The molecular formula is C17H20N6O2. The van der Waals surface area contributed by atoms with Crippen LogP contribution in [0, 0.1) is 5.92 Å². The van der Waals surface area contributed by atoms with Gasteiger partial charge in [-0.15, -0.1) is 10.2 Å². The Morgan fingerprint density at radius 3 is 2.64 bits per heavy atom. The van der Waals surface area contributed by atoms with Crippen LogP contribution in [-0.4, -0.2) is 49.9 Å². The lowest BCUT2D eigenvalue weighted by Gasteiger charge is -2.23. The standard InChI is InChI=1S/C17H20N6O2/c24-15-9-12(10-23(15)14-3-1-2-4-14)17(25)18-13-7-5-11(6-8-13)16-19-21-22-20-16/h5-8,12,14H,1-4,9-10H2,(H,18,25)(H,19,20,21,22)/t12-/m0/s1. The number of hydrogen-bond acceptors (Lipinski definition) is 5. The highest BCUT2D eigenvalue weighted by atomic mass is 16.2. The van der Waals surface area contributed by atoms with Crippen molar-refractivity contribution in [2.24, 2.45) is 5.92 Å². The van der Waals surface area contributed by atoms with Gasteiger partial charge in [-0.3, -0.25) is 9.59 Å².